The molecule has 408 valence electrons. The van der Waals surface area contributed by atoms with E-state index in [-0.39, 0.29) is 44.7 Å². The summed E-state index contributed by atoms with van der Waals surface area (Å²) in [6.07, 6.45) is 9.35. The number of anilines is 8. The Morgan fingerprint density at radius 3 is 1.80 bits per heavy atom. The van der Waals surface area contributed by atoms with Crippen molar-refractivity contribution >= 4 is 90.5 Å². The fourth-order valence-electron chi connectivity index (χ4n) is 16.8. The summed E-state index contributed by atoms with van der Waals surface area (Å²) >= 11 is 0. The van der Waals surface area contributed by atoms with Crippen LogP contribution in [0.1, 0.15) is 175 Å². The van der Waals surface area contributed by atoms with Crippen LogP contribution < -0.4 is 31.1 Å². The number of para-hydroxylation sites is 2. The van der Waals surface area contributed by atoms with Gasteiger partial charge in [0.2, 0.25) is 0 Å². The maximum atomic E-state index is 7.41. The van der Waals surface area contributed by atoms with Gasteiger partial charge in [0.1, 0.15) is 5.58 Å². The fourth-order valence-corrected chi connectivity index (χ4v) is 16.8. The number of benzene rings is 8. The first-order chi connectivity index (χ1) is 38.5. The highest BCUT2D eigenvalue weighted by molar-refractivity contribution is 7.00. The lowest BCUT2D eigenvalue weighted by Gasteiger charge is -2.51. The van der Waals surface area contributed by atoms with Gasteiger partial charge in [-0.1, -0.05) is 193 Å². The van der Waals surface area contributed by atoms with Crippen LogP contribution in [-0.4, -0.2) is 12.3 Å². The number of rotatable bonds is 4. The quantitative estimate of drug-likeness (QED) is 0.164. The zero-order valence-corrected chi connectivity index (χ0v) is 50.4. The average Bonchev–Trinajstić information content (AvgIpc) is 3.77. The Kier molecular flexibility index (Phi) is 10.6. The minimum atomic E-state index is -0.171. The molecule has 0 amide bonds. The van der Waals surface area contributed by atoms with E-state index in [1.807, 2.05) is 0 Å². The molecule has 3 aliphatic heterocycles. The van der Waals surface area contributed by atoms with Gasteiger partial charge in [-0.15, -0.1) is 0 Å². The molecule has 0 N–H and O–H groups in total. The first kappa shape index (κ1) is 50.9. The van der Waals surface area contributed by atoms with Gasteiger partial charge in [-0.2, -0.15) is 0 Å². The lowest BCUT2D eigenvalue weighted by Crippen LogP contribution is -2.62. The van der Waals surface area contributed by atoms with Gasteiger partial charge in [-0.3, -0.25) is 0 Å². The van der Waals surface area contributed by atoms with E-state index in [1.165, 1.54) is 121 Å². The van der Waals surface area contributed by atoms with Crippen LogP contribution in [0.5, 0.6) is 0 Å². The monoisotopic (exact) mass is 1060 g/mol. The molecule has 4 nitrogen and oxygen atoms in total. The van der Waals surface area contributed by atoms with Crippen molar-refractivity contribution in [3.8, 4) is 11.1 Å². The number of hydrogen-bond acceptors (Lipinski definition) is 4. The Labute approximate surface area is 482 Å². The summed E-state index contributed by atoms with van der Waals surface area (Å²) in [5, 5.41) is 2.29. The second-order valence-electron chi connectivity index (χ2n) is 29.7. The number of fused-ring (bicyclic) bond motifs is 13. The van der Waals surface area contributed by atoms with Crippen molar-refractivity contribution in [2.45, 2.75) is 179 Å². The third-order valence-corrected chi connectivity index (χ3v) is 22.1. The molecule has 9 aromatic rings. The molecule has 0 bridgehead atoms. The first-order valence-corrected chi connectivity index (χ1v) is 30.7. The SMILES string of the molecule is CC(C)(C)c1ccc(N2c3cc(N4c5ccccc5C5(C)CCCCC45C)cc4c3B(c3cc5c(cc3N4c3ccc4c(c3)C(C)(C)CCC4(C)C)C(C)(C)CCC5(C)C)c3ccc4c(oc5ccccc54)c32)c(-c2ccccc2)c1. The van der Waals surface area contributed by atoms with Crippen molar-refractivity contribution in [1.29, 1.82) is 0 Å². The van der Waals surface area contributed by atoms with E-state index in [0.717, 1.165) is 59.0 Å². The van der Waals surface area contributed by atoms with Crippen molar-refractivity contribution in [3.63, 3.8) is 0 Å². The lowest BCUT2D eigenvalue weighted by atomic mass is 9.33. The Hall–Kier alpha value is -6.98. The highest BCUT2D eigenvalue weighted by atomic mass is 16.3. The van der Waals surface area contributed by atoms with Crippen LogP contribution in [0.15, 0.2) is 156 Å². The molecule has 0 spiro atoms. The molecule has 2 unspecified atom stereocenters. The van der Waals surface area contributed by atoms with Gasteiger partial charge in [0, 0.05) is 55.9 Å². The summed E-state index contributed by atoms with van der Waals surface area (Å²) in [5.41, 5.74) is 26.7. The zero-order chi connectivity index (χ0) is 56.1. The molecule has 5 heteroatoms. The maximum Gasteiger partial charge on any atom is 0.252 e. The molecule has 1 saturated carbocycles. The first-order valence-electron chi connectivity index (χ1n) is 30.7. The van der Waals surface area contributed by atoms with Crippen molar-refractivity contribution < 1.29 is 4.42 Å². The molecule has 15 rings (SSSR count). The predicted molar refractivity (Wildman–Crippen MR) is 345 cm³/mol. The Bertz CT molecular complexity index is 4130. The molecule has 2 atom stereocenters. The maximum absolute atomic E-state index is 7.41. The standard InChI is InChI=1S/C76H80BN3O/c1-70(2,3)48-29-34-61(53(41-48)47-23-15-14-16-24-47)79-65-44-50(80-62-27-19-18-26-55(62)75(12)35-21-22-36-76(75,80)13)43-64-67(65)77(59-33-31-52-51-25-17-20-28-66(51)81-69(52)68(59)79)60-45-57-58(74(10,11)40-39-73(57,8)9)46-63(60)78(64)49-30-32-54-56(42-49)72(6,7)38-37-71(54,4)5/h14-20,23-34,41-46H,21-22,35-40H2,1-13H3. The number of nitrogens with zero attached hydrogens (tertiary/aromatic N) is 3. The molecular formula is C76H80BN3O. The van der Waals surface area contributed by atoms with Gasteiger partial charge < -0.3 is 19.1 Å². The fraction of sp³-hybridized carbons (Fsp3) is 0.368. The summed E-state index contributed by atoms with van der Waals surface area (Å²) in [5.74, 6) is 0. The highest BCUT2D eigenvalue weighted by Gasteiger charge is 2.58. The van der Waals surface area contributed by atoms with Crippen LogP contribution in [0, 0.1) is 0 Å². The van der Waals surface area contributed by atoms with E-state index in [4.69, 9.17) is 4.42 Å². The predicted octanol–water partition coefficient (Wildman–Crippen LogP) is 19.1. The zero-order valence-electron chi connectivity index (χ0n) is 50.4. The van der Waals surface area contributed by atoms with Crippen molar-refractivity contribution in [1.82, 2.24) is 0 Å². The molecule has 6 aliphatic rings. The second kappa shape index (κ2) is 16.8. The molecular weight excluding hydrogens is 982 g/mol. The van der Waals surface area contributed by atoms with Crippen LogP contribution in [0.3, 0.4) is 0 Å². The van der Waals surface area contributed by atoms with Crippen LogP contribution in [0.25, 0.3) is 33.1 Å². The van der Waals surface area contributed by atoms with E-state index in [9.17, 15) is 0 Å². The highest BCUT2D eigenvalue weighted by Crippen LogP contribution is 2.63. The van der Waals surface area contributed by atoms with E-state index in [2.05, 4.69) is 256 Å². The number of hydrogen-bond donors (Lipinski definition) is 0. The van der Waals surface area contributed by atoms with E-state index in [1.54, 1.807) is 0 Å². The third kappa shape index (κ3) is 7.08. The molecule has 1 aromatic heterocycles. The van der Waals surface area contributed by atoms with Crippen molar-refractivity contribution in [3.05, 3.63) is 185 Å². The van der Waals surface area contributed by atoms with Crippen LogP contribution in [0.2, 0.25) is 0 Å². The Morgan fingerprint density at radius 1 is 0.444 bits per heavy atom. The van der Waals surface area contributed by atoms with Gasteiger partial charge in [0.15, 0.2) is 5.58 Å². The molecule has 0 radical (unpaired) electrons. The summed E-state index contributed by atoms with van der Waals surface area (Å²) in [4.78, 5) is 8.28. The van der Waals surface area contributed by atoms with Gasteiger partial charge in [-0.25, -0.2) is 0 Å². The minimum Gasteiger partial charge on any atom is -0.454 e. The molecule has 3 aliphatic carbocycles. The topological polar surface area (TPSA) is 22.9 Å². The molecule has 0 saturated heterocycles. The van der Waals surface area contributed by atoms with Gasteiger partial charge in [0.05, 0.1) is 16.9 Å². The summed E-state index contributed by atoms with van der Waals surface area (Å²) < 4.78 is 7.41. The molecule has 8 aromatic carbocycles. The Morgan fingerprint density at radius 2 is 1.07 bits per heavy atom. The van der Waals surface area contributed by atoms with Crippen molar-refractivity contribution in [2.24, 2.45) is 0 Å². The summed E-state index contributed by atoms with van der Waals surface area (Å²) in [6, 6.07) is 59.9. The largest absolute Gasteiger partial charge is 0.454 e. The Balaban J connectivity index is 1.13. The number of furan rings is 1. The van der Waals surface area contributed by atoms with E-state index < -0.39 is 0 Å². The van der Waals surface area contributed by atoms with E-state index in [0.29, 0.717) is 0 Å². The second-order valence-corrected chi connectivity index (χ2v) is 29.7. The van der Waals surface area contributed by atoms with Crippen molar-refractivity contribution in [2.75, 3.05) is 14.7 Å². The van der Waals surface area contributed by atoms with Gasteiger partial charge >= 0.3 is 0 Å². The van der Waals surface area contributed by atoms with E-state index >= 15 is 0 Å². The van der Waals surface area contributed by atoms with Crippen LogP contribution >= 0.6 is 0 Å². The normalized spacial score (nSPS) is 22.4. The van der Waals surface area contributed by atoms with Crippen LogP contribution in [-0.2, 0) is 32.5 Å². The smallest absolute Gasteiger partial charge is 0.252 e. The average molecular weight is 1060 g/mol. The van der Waals surface area contributed by atoms with Crippen LogP contribution in [0.4, 0.5) is 45.5 Å². The molecule has 81 heavy (non-hydrogen) atoms. The lowest BCUT2D eigenvalue weighted by molar-refractivity contribution is 0.195. The van der Waals surface area contributed by atoms with Gasteiger partial charge in [-0.05, 0) is 182 Å². The van der Waals surface area contributed by atoms with Gasteiger partial charge in [0.25, 0.3) is 6.71 Å². The minimum absolute atomic E-state index is 0.00402. The summed E-state index contributed by atoms with van der Waals surface area (Å²) in [7, 11) is 0. The summed E-state index contributed by atoms with van der Waals surface area (Å²) in [6.45, 7) is 32.0. The molecule has 1 fully saturated rings. The third-order valence-electron chi connectivity index (χ3n) is 22.1. The molecule has 4 heterocycles.